The highest BCUT2D eigenvalue weighted by atomic mass is 32.1. The van der Waals surface area contributed by atoms with Gasteiger partial charge in [0.25, 0.3) is 0 Å². The third-order valence-electron chi connectivity index (χ3n) is 1.94. The van der Waals surface area contributed by atoms with Crippen molar-refractivity contribution < 1.29 is 0 Å². The maximum absolute atomic E-state index is 5.97. The van der Waals surface area contributed by atoms with Crippen LogP contribution in [0, 0.1) is 0 Å². The van der Waals surface area contributed by atoms with Crippen LogP contribution in [-0.2, 0) is 0 Å². The Balaban J connectivity index is 2.33. The van der Waals surface area contributed by atoms with E-state index >= 15 is 0 Å². The fourth-order valence-electron chi connectivity index (χ4n) is 1.26. The summed E-state index contributed by atoms with van der Waals surface area (Å²) in [5.74, 6) is 0. The van der Waals surface area contributed by atoms with Gasteiger partial charge in [-0.3, -0.25) is 0 Å². The van der Waals surface area contributed by atoms with Crippen LogP contribution in [0.25, 0.3) is 9.40 Å². The van der Waals surface area contributed by atoms with Gasteiger partial charge in [-0.25, -0.2) is 0 Å². The largest absolute Gasteiger partial charge is 0.323 e. The molecular weight excluding hydrogens is 198 g/mol. The highest BCUT2D eigenvalue weighted by Crippen LogP contribution is 2.33. The molecule has 0 aromatic carbocycles. The first kappa shape index (κ1) is 8.94. The van der Waals surface area contributed by atoms with Gasteiger partial charge in [0, 0.05) is 20.3 Å². The van der Waals surface area contributed by atoms with Gasteiger partial charge in [0.2, 0.25) is 0 Å². The molecule has 2 rings (SSSR count). The zero-order valence-electron chi connectivity index (χ0n) is 7.19. The number of rotatable bonds is 3. The van der Waals surface area contributed by atoms with Gasteiger partial charge in [-0.2, -0.15) is 0 Å². The Morgan fingerprint density at radius 1 is 1.54 bits per heavy atom. The van der Waals surface area contributed by atoms with E-state index in [1.165, 1.54) is 14.3 Å². The minimum atomic E-state index is 0.127. The molecule has 2 N–H and O–H groups in total. The lowest BCUT2D eigenvalue weighted by Crippen LogP contribution is -2.06. The van der Waals surface area contributed by atoms with E-state index in [-0.39, 0.29) is 6.04 Å². The van der Waals surface area contributed by atoms with E-state index in [0.717, 1.165) is 6.42 Å². The van der Waals surface area contributed by atoms with E-state index in [0.29, 0.717) is 0 Å². The Bertz CT molecular complexity index is 385. The number of fused-ring (bicyclic) bond motifs is 1. The highest BCUT2D eigenvalue weighted by Gasteiger charge is 2.08. The molecule has 0 fully saturated rings. The second-order valence-electron chi connectivity index (χ2n) is 2.93. The molecule has 0 saturated carbocycles. The molecule has 0 aliphatic heterocycles. The first-order valence-corrected chi connectivity index (χ1v) is 5.84. The van der Waals surface area contributed by atoms with Crippen molar-refractivity contribution in [2.75, 3.05) is 0 Å². The van der Waals surface area contributed by atoms with Crippen molar-refractivity contribution >= 4 is 32.1 Å². The highest BCUT2D eigenvalue weighted by molar-refractivity contribution is 7.26. The van der Waals surface area contributed by atoms with Crippen molar-refractivity contribution in [2.45, 2.75) is 12.5 Å². The molecule has 0 saturated heterocycles. The zero-order chi connectivity index (χ0) is 9.26. The average molecular weight is 209 g/mol. The Morgan fingerprint density at radius 3 is 3.08 bits per heavy atom. The molecule has 0 amide bonds. The summed E-state index contributed by atoms with van der Waals surface area (Å²) in [6, 6.07) is 4.47. The summed E-state index contributed by atoms with van der Waals surface area (Å²) >= 11 is 3.56. The van der Waals surface area contributed by atoms with Crippen molar-refractivity contribution in [1.29, 1.82) is 0 Å². The van der Waals surface area contributed by atoms with Crippen LogP contribution in [0.2, 0.25) is 0 Å². The van der Waals surface area contributed by atoms with Crippen LogP contribution in [0.15, 0.2) is 30.2 Å². The molecule has 2 heterocycles. The zero-order valence-corrected chi connectivity index (χ0v) is 8.83. The molecule has 0 radical (unpaired) electrons. The summed E-state index contributed by atoms with van der Waals surface area (Å²) in [7, 11) is 0. The first-order valence-electron chi connectivity index (χ1n) is 4.14. The van der Waals surface area contributed by atoms with Gasteiger partial charge in [0.15, 0.2) is 0 Å². The first-order chi connectivity index (χ1) is 6.31. The molecule has 68 valence electrons. The number of nitrogens with two attached hydrogens (primary N) is 1. The van der Waals surface area contributed by atoms with E-state index < -0.39 is 0 Å². The summed E-state index contributed by atoms with van der Waals surface area (Å²) in [5.41, 5.74) is 5.97. The van der Waals surface area contributed by atoms with Crippen LogP contribution in [-0.4, -0.2) is 0 Å². The molecule has 1 unspecified atom stereocenters. The molecular formula is C10H11NS2. The summed E-state index contributed by atoms with van der Waals surface area (Å²) < 4.78 is 2.69. The van der Waals surface area contributed by atoms with Gasteiger partial charge in [-0.05, 0) is 23.9 Å². The molecule has 13 heavy (non-hydrogen) atoms. The second-order valence-corrected chi connectivity index (χ2v) is 4.99. The van der Waals surface area contributed by atoms with E-state index in [1.807, 2.05) is 6.08 Å². The van der Waals surface area contributed by atoms with Gasteiger partial charge in [-0.1, -0.05) is 6.08 Å². The van der Waals surface area contributed by atoms with E-state index in [4.69, 9.17) is 5.73 Å². The van der Waals surface area contributed by atoms with Crippen LogP contribution in [0.1, 0.15) is 17.3 Å². The van der Waals surface area contributed by atoms with Crippen LogP contribution >= 0.6 is 22.7 Å². The van der Waals surface area contributed by atoms with Crippen molar-refractivity contribution in [3.05, 3.63) is 35.0 Å². The molecule has 0 aliphatic rings. The minimum Gasteiger partial charge on any atom is -0.323 e. The third-order valence-corrected chi connectivity index (χ3v) is 4.17. The van der Waals surface area contributed by atoms with Crippen LogP contribution in [0.5, 0.6) is 0 Å². The molecule has 0 spiro atoms. The predicted molar refractivity (Wildman–Crippen MR) is 61.4 cm³/mol. The number of hydrogen-bond donors (Lipinski definition) is 1. The smallest absolute Gasteiger partial charge is 0.0454 e. The third kappa shape index (κ3) is 1.68. The maximum atomic E-state index is 5.97. The van der Waals surface area contributed by atoms with Crippen LogP contribution in [0.3, 0.4) is 0 Å². The molecule has 0 bridgehead atoms. The fraction of sp³-hybridized carbons (Fsp3) is 0.200. The van der Waals surface area contributed by atoms with Gasteiger partial charge in [-0.15, -0.1) is 29.3 Å². The maximum Gasteiger partial charge on any atom is 0.0454 e. The topological polar surface area (TPSA) is 26.0 Å². The molecule has 3 heteroatoms. The normalized spacial score (nSPS) is 13.3. The summed E-state index contributed by atoms with van der Waals surface area (Å²) in [4.78, 5) is 1.27. The summed E-state index contributed by atoms with van der Waals surface area (Å²) in [5, 5.41) is 2.12. The van der Waals surface area contributed by atoms with Crippen LogP contribution in [0.4, 0.5) is 0 Å². The van der Waals surface area contributed by atoms with E-state index in [9.17, 15) is 0 Å². The van der Waals surface area contributed by atoms with Gasteiger partial charge >= 0.3 is 0 Å². The van der Waals surface area contributed by atoms with Crippen molar-refractivity contribution in [3.8, 4) is 0 Å². The molecule has 1 atom stereocenters. The van der Waals surface area contributed by atoms with Crippen molar-refractivity contribution in [3.63, 3.8) is 0 Å². The fourth-order valence-corrected chi connectivity index (χ4v) is 3.40. The molecule has 2 aromatic rings. The van der Waals surface area contributed by atoms with E-state index in [2.05, 4.69) is 24.1 Å². The Morgan fingerprint density at radius 2 is 2.38 bits per heavy atom. The van der Waals surface area contributed by atoms with Gasteiger partial charge in [0.1, 0.15) is 0 Å². The minimum absolute atomic E-state index is 0.127. The lowest BCUT2D eigenvalue weighted by molar-refractivity contribution is 0.758. The van der Waals surface area contributed by atoms with Crippen molar-refractivity contribution in [2.24, 2.45) is 5.73 Å². The van der Waals surface area contributed by atoms with Crippen molar-refractivity contribution in [1.82, 2.24) is 0 Å². The Hall–Kier alpha value is -0.640. The Kier molecular flexibility index (Phi) is 2.49. The standard InChI is InChI=1S/C10H11NS2/c1-2-3-7(11)9-6-10-8(13-9)4-5-12-10/h2,4-7H,1,3,11H2. The summed E-state index contributed by atoms with van der Waals surface area (Å²) in [6.07, 6.45) is 2.73. The van der Waals surface area contributed by atoms with Gasteiger partial charge < -0.3 is 5.73 Å². The molecule has 0 aliphatic carbocycles. The lowest BCUT2D eigenvalue weighted by atomic mass is 10.2. The van der Waals surface area contributed by atoms with Gasteiger partial charge in [0.05, 0.1) is 0 Å². The number of thiophene rings is 2. The number of hydrogen-bond acceptors (Lipinski definition) is 3. The second kappa shape index (κ2) is 3.62. The van der Waals surface area contributed by atoms with Crippen LogP contribution < -0.4 is 5.73 Å². The SMILES string of the molecule is C=CCC(N)c1cc2sccc2s1. The lowest BCUT2D eigenvalue weighted by Gasteiger charge is -2.03. The quantitative estimate of drug-likeness (QED) is 0.769. The predicted octanol–water partition coefficient (Wildman–Crippen LogP) is 3.54. The Labute approximate surface area is 85.5 Å². The molecule has 1 nitrogen and oxygen atoms in total. The average Bonchev–Trinajstić information content (AvgIpc) is 2.61. The molecule has 2 aromatic heterocycles. The monoisotopic (exact) mass is 209 g/mol. The van der Waals surface area contributed by atoms with E-state index in [1.54, 1.807) is 22.7 Å². The summed E-state index contributed by atoms with van der Waals surface area (Å²) in [6.45, 7) is 3.69.